The minimum atomic E-state index is 1.17. The molecule has 0 aliphatic heterocycles. The van der Waals surface area contributed by atoms with Gasteiger partial charge in [-0.05, 0) is 53.2 Å². The highest BCUT2D eigenvalue weighted by molar-refractivity contribution is 6.31. The van der Waals surface area contributed by atoms with Gasteiger partial charge >= 0.3 is 0 Å². The third-order valence-corrected chi connectivity index (χ3v) is 8.62. The van der Waals surface area contributed by atoms with Crippen molar-refractivity contribution in [3.8, 4) is 11.5 Å². The lowest BCUT2D eigenvalue weighted by Gasteiger charge is -2.11. The lowest BCUT2D eigenvalue weighted by molar-refractivity contribution is 0.901. The molecule has 0 spiro atoms. The Morgan fingerprint density at radius 1 is 0.425 bits per heavy atom. The summed E-state index contributed by atoms with van der Waals surface area (Å²) >= 11 is 0. The molecule has 3 aromatic heterocycles. The van der Waals surface area contributed by atoms with Gasteiger partial charge in [-0.1, -0.05) is 91.0 Å². The maximum atomic E-state index is 2.49. The zero-order chi connectivity index (χ0) is 26.4. The Labute approximate surface area is 230 Å². The van der Waals surface area contributed by atoms with Crippen LogP contribution in [0.4, 0.5) is 0 Å². The van der Waals surface area contributed by atoms with Crippen LogP contribution in [0.25, 0.3) is 76.8 Å². The van der Waals surface area contributed by atoms with Gasteiger partial charge in [0, 0.05) is 45.2 Å². The molecule has 9 rings (SSSR count). The van der Waals surface area contributed by atoms with Crippen molar-refractivity contribution in [3.05, 3.63) is 133 Å². The van der Waals surface area contributed by atoms with Crippen LogP contribution in [0.3, 0.4) is 0 Å². The molecule has 0 aliphatic carbocycles. The Bertz CT molecular complexity index is 2430. The number of hydrogen-bond acceptors (Lipinski definition) is 0. The summed E-state index contributed by atoms with van der Waals surface area (Å²) in [6, 6.07) is 48.5. The summed E-state index contributed by atoms with van der Waals surface area (Å²) in [7, 11) is 2.18. The average Bonchev–Trinajstić information content (AvgIpc) is 3.64. The largest absolute Gasteiger partial charge is 0.330 e. The molecule has 0 aliphatic rings. The van der Waals surface area contributed by atoms with Crippen LogP contribution in [0.15, 0.2) is 133 Å². The highest BCUT2D eigenvalue weighted by Crippen LogP contribution is 2.44. The molecule has 3 nitrogen and oxygen atoms in total. The number of rotatable bonds is 2. The molecular formula is C37H25N3. The SMILES string of the molecule is Cn1c(-n2c3ccccc3c3ccc4c(c5c6ccccc6ccc5n4-c4ccccc4)c32)cc2ccccc21. The van der Waals surface area contributed by atoms with Gasteiger partial charge in [0.15, 0.2) is 0 Å². The van der Waals surface area contributed by atoms with E-state index in [4.69, 9.17) is 0 Å². The summed E-state index contributed by atoms with van der Waals surface area (Å²) in [5.41, 5.74) is 7.31. The molecule has 0 N–H and O–H groups in total. The summed E-state index contributed by atoms with van der Waals surface area (Å²) in [5, 5.41) is 8.90. The van der Waals surface area contributed by atoms with Gasteiger partial charge in [0.1, 0.15) is 5.82 Å². The maximum absolute atomic E-state index is 2.49. The van der Waals surface area contributed by atoms with E-state index in [2.05, 4.69) is 154 Å². The van der Waals surface area contributed by atoms with Gasteiger partial charge in [-0.15, -0.1) is 0 Å². The molecule has 3 heterocycles. The molecule has 0 bridgehead atoms. The second-order valence-corrected chi connectivity index (χ2v) is 10.7. The predicted molar refractivity (Wildman–Crippen MR) is 169 cm³/mol. The molecule has 0 fully saturated rings. The van der Waals surface area contributed by atoms with Crippen LogP contribution in [0.1, 0.15) is 0 Å². The number of aromatic nitrogens is 3. The van der Waals surface area contributed by atoms with Crippen LogP contribution in [0.2, 0.25) is 0 Å². The molecule has 0 saturated heterocycles. The van der Waals surface area contributed by atoms with E-state index in [9.17, 15) is 0 Å². The molecule has 0 amide bonds. The molecule has 9 aromatic rings. The highest BCUT2D eigenvalue weighted by atomic mass is 15.1. The van der Waals surface area contributed by atoms with Crippen LogP contribution in [0, 0.1) is 0 Å². The molecule has 0 saturated carbocycles. The zero-order valence-electron chi connectivity index (χ0n) is 22.0. The number of fused-ring (bicyclic) bond motifs is 10. The second-order valence-electron chi connectivity index (χ2n) is 10.7. The molecule has 0 atom stereocenters. The number of hydrogen-bond donors (Lipinski definition) is 0. The fourth-order valence-corrected chi connectivity index (χ4v) is 6.90. The van der Waals surface area contributed by atoms with Crippen molar-refractivity contribution in [1.29, 1.82) is 0 Å². The van der Waals surface area contributed by atoms with E-state index in [0.717, 1.165) is 0 Å². The second kappa shape index (κ2) is 7.87. The molecule has 0 unspecified atom stereocenters. The molecule has 40 heavy (non-hydrogen) atoms. The van der Waals surface area contributed by atoms with Crippen molar-refractivity contribution in [1.82, 2.24) is 13.7 Å². The summed E-state index contributed by atoms with van der Waals surface area (Å²) in [6.07, 6.45) is 0. The van der Waals surface area contributed by atoms with E-state index >= 15 is 0 Å². The van der Waals surface area contributed by atoms with Crippen LogP contribution in [-0.4, -0.2) is 13.7 Å². The van der Waals surface area contributed by atoms with E-state index in [1.54, 1.807) is 0 Å². The van der Waals surface area contributed by atoms with Gasteiger partial charge in [-0.3, -0.25) is 4.57 Å². The molecule has 188 valence electrons. The van der Waals surface area contributed by atoms with Gasteiger partial charge in [0.25, 0.3) is 0 Å². The topological polar surface area (TPSA) is 14.8 Å². The summed E-state index contributed by atoms with van der Waals surface area (Å²) in [5.74, 6) is 1.17. The average molecular weight is 512 g/mol. The van der Waals surface area contributed by atoms with Crippen LogP contribution in [-0.2, 0) is 7.05 Å². The Morgan fingerprint density at radius 3 is 1.90 bits per heavy atom. The number of nitrogens with zero attached hydrogens (tertiary/aromatic N) is 3. The van der Waals surface area contributed by atoms with Crippen molar-refractivity contribution in [3.63, 3.8) is 0 Å². The van der Waals surface area contributed by atoms with E-state index in [1.165, 1.54) is 76.8 Å². The van der Waals surface area contributed by atoms with Crippen molar-refractivity contribution < 1.29 is 0 Å². The first kappa shape index (κ1) is 21.6. The maximum Gasteiger partial charge on any atom is 0.118 e. The molecular weight excluding hydrogens is 486 g/mol. The first-order valence-electron chi connectivity index (χ1n) is 13.8. The Balaban J connectivity index is 1.59. The van der Waals surface area contributed by atoms with E-state index in [-0.39, 0.29) is 0 Å². The van der Waals surface area contributed by atoms with Crippen molar-refractivity contribution >= 4 is 65.3 Å². The van der Waals surface area contributed by atoms with Crippen LogP contribution < -0.4 is 0 Å². The van der Waals surface area contributed by atoms with Crippen molar-refractivity contribution in [2.24, 2.45) is 7.05 Å². The Kier molecular flexibility index (Phi) is 4.26. The summed E-state index contributed by atoms with van der Waals surface area (Å²) in [6.45, 7) is 0. The highest BCUT2D eigenvalue weighted by Gasteiger charge is 2.23. The van der Waals surface area contributed by atoms with Crippen LogP contribution >= 0.6 is 0 Å². The van der Waals surface area contributed by atoms with Gasteiger partial charge in [0.05, 0.1) is 22.1 Å². The van der Waals surface area contributed by atoms with Gasteiger partial charge in [0.2, 0.25) is 0 Å². The third-order valence-electron chi connectivity index (χ3n) is 8.62. The lowest BCUT2D eigenvalue weighted by Crippen LogP contribution is -2.01. The quantitative estimate of drug-likeness (QED) is 0.219. The fraction of sp³-hybridized carbons (Fsp3) is 0.0270. The molecule has 3 heteroatoms. The minimum absolute atomic E-state index is 1.17. The zero-order valence-corrected chi connectivity index (χ0v) is 22.0. The number of para-hydroxylation sites is 3. The van der Waals surface area contributed by atoms with E-state index < -0.39 is 0 Å². The summed E-state index contributed by atoms with van der Waals surface area (Å²) < 4.78 is 7.25. The lowest BCUT2D eigenvalue weighted by atomic mass is 10.0. The summed E-state index contributed by atoms with van der Waals surface area (Å²) in [4.78, 5) is 0. The standard InChI is InChI=1S/C37H25N3/c1-38-30-17-9-6-12-25(30)23-34(38)40-31-18-10-8-16-28(31)29-20-22-33-36(37(29)40)35-27-15-7-5-11-24(27)19-21-32(35)39(33)26-13-3-2-4-14-26/h2-23H,1H3. The van der Waals surface area contributed by atoms with Gasteiger partial charge < -0.3 is 9.13 Å². The van der Waals surface area contributed by atoms with E-state index in [1.807, 2.05) is 0 Å². The van der Waals surface area contributed by atoms with Crippen molar-refractivity contribution in [2.75, 3.05) is 0 Å². The van der Waals surface area contributed by atoms with Crippen LogP contribution in [0.5, 0.6) is 0 Å². The number of aryl methyl sites for hydroxylation is 1. The minimum Gasteiger partial charge on any atom is -0.330 e. The smallest absolute Gasteiger partial charge is 0.118 e. The monoisotopic (exact) mass is 511 g/mol. The Hall–Kier alpha value is -5.28. The van der Waals surface area contributed by atoms with Gasteiger partial charge in [-0.2, -0.15) is 0 Å². The van der Waals surface area contributed by atoms with E-state index in [0.29, 0.717) is 0 Å². The van der Waals surface area contributed by atoms with Crippen molar-refractivity contribution in [2.45, 2.75) is 0 Å². The molecule has 6 aromatic carbocycles. The third kappa shape index (κ3) is 2.73. The number of benzene rings is 6. The Morgan fingerprint density at radius 2 is 1.07 bits per heavy atom. The molecule has 0 radical (unpaired) electrons. The van der Waals surface area contributed by atoms with Gasteiger partial charge in [-0.25, -0.2) is 0 Å². The first-order valence-corrected chi connectivity index (χ1v) is 13.8. The normalized spacial score (nSPS) is 12.1. The fourth-order valence-electron chi connectivity index (χ4n) is 6.90. The predicted octanol–water partition coefficient (Wildman–Crippen LogP) is 9.53. The first-order chi connectivity index (χ1) is 19.8.